The maximum Gasteiger partial charge on any atom is 0.0630 e. The zero-order valence-electron chi connectivity index (χ0n) is 12.7. The van der Waals surface area contributed by atoms with Crippen LogP contribution in [0.25, 0.3) is 0 Å². The molecule has 0 aromatic heterocycles. The van der Waals surface area contributed by atoms with Crippen molar-refractivity contribution < 1.29 is 0 Å². The number of hydrogen-bond acceptors (Lipinski definition) is 2. The highest BCUT2D eigenvalue weighted by molar-refractivity contribution is 14.1. The summed E-state index contributed by atoms with van der Waals surface area (Å²) in [5.74, 6) is 0. The maximum atomic E-state index is 4.49. The first-order chi connectivity index (χ1) is 11.7. The summed E-state index contributed by atoms with van der Waals surface area (Å²) in [4.78, 5) is 8.97. The van der Waals surface area contributed by atoms with E-state index in [0.717, 1.165) is 22.5 Å². The van der Waals surface area contributed by atoms with Gasteiger partial charge in [-0.2, -0.15) is 0 Å². The minimum absolute atomic E-state index is 0.958. The summed E-state index contributed by atoms with van der Waals surface area (Å²) in [5.41, 5.74) is 4.06. The molecule has 0 aliphatic heterocycles. The molecule has 0 radical (unpaired) electrons. The molecule has 0 saturated heterocycles. The summed E-state index contributed by atoms with van der Waals surface area (Å²) in [5, 5.41) is 0. The van der Waals surface area contributed by atoms with Crippen LogP contribution in [0.4, 0.5) is 11.4 Å². The molecular weight excluding hydrogens is 522 g/mol. The van der Waals surface area contributed by atoms with E-state index in [4.69, 9.17) is 0 Å². The Balaban J connectivity index is 1.66. The molecule has 0 bridgehead atoms. The van der Waals surface area contributed by atoms with Gasteiger partial charge in [-0.1, -0.05) is 24.3 Å². The zero-order valence-corrected chi connectivity index (χ0v) is 17.0. The monoisotopic (exact) mass is 536 g/mol. The third-order valence-electron chi connectivity index (χ3n) is 3.32. The molecular formula is C20H14I2N2. The van der Waals surface area contributed by atoms with E-state index >= 15 is 0 Å². The second kappa shape index (κ2) is 8.53. The van der Waals surface area contributed by atoms with Gasteiger partial charge in [0.1, 0.15) is 0 Å². The molecule has 4 heteroatoms. The van der Waals surface area contributed by atoms with Crippen molar-refractivity contribution in [3.05, 3.63) is 91.1 Å². The fourth-order valence-corrected chi connectivity index (χ4v) is 2.74. The quantitative estimate of drug-likeness (QED) is 0.273. The Morgan fingerprint density at radius 1 is 0.500 bits per heavy atom. The number of aliphatic imine (C=N–C) groups is 2. The number of halogens is 2. The fraction of sp³-hybridized carbons (Fsp3) is 0. The lowest BCUT2D eigenvalue weighted by Crippen LogP contribution is -1.84. The Kier molecular flexibility index (Phi) is 6.14. The van der Waals surface area contributed by atoms with Crippen LogP contribution in [0, 0.1) is 7.14 Å². The summed E-state index contributed by atoms with van der Waals surface area (Å²) >= 11 is 4.58. The summed E-state index contributed by atoms with van der Waals surface area (Å²) in [6, 6.07) is 24.5. The van der Waals surface area contributed by atoms with Gasteiger partial charge in [-0.05, 0) is 105 Å². The van der Waals surface area contributed by atoms with E-state index in [9.17, 15) is 0 Å². The van der Waals surface area contributed by atoms with Gasteiger partial charge in [-0.3, -0.25) is 9.98 Å². The number of rotatable bonds is 4. The number of benzene rings is 3. The summed E-state index contributed by atoms with van der Waals surface area (Å²) in [7, 11) is 0. The van der Waals surface area contributed by atoms with Crippen LogP contribution in [0.3, 0.4) is 0 Å². The fourth-order valence-electron chi connectivity index (χ4n) is 2.02. The highest BCUT2D eigenvalue weighted by atomic mass is 127. The standard InChI is InChI=1S/C20H14I2N2/c21-17-5-9-19(10-6-17)23-13-15-1-2-16(4-3-15)14-24-20-11-7-18(22)8-12-20/h1-14H. The van der Waals surface area contributed by atoms with Gasteiger partial charge < -0.3 is 0 Å². The van der Waals surface area contributed by atoms with E-state index in [2.05, 4.69) is 79.4 Å². The van der Waals surface area contributed by atoms with E-state index < -0.39 is 0 Å². The third kappa shape index (κ3) is 5.24. The topological polar surface area (TPSA) is 24.7 Å². The Bertz CT molecular complexity index is 775. The predicted octanol–water partition coefficient (Wildman–Crippen LogP) is 6.40. The van der Waals surface area contributed by atoms with Crippen molar-refractivity contribution in [2.45, 2.75) is 0 Å². The summed E-state index contributed by atoms with van der Waals surface area (Å²) in [6.45, 7) is 0. The second-order valence-electron chi connectivity index (χ2n) is 5.14. The molecule has 0 aliphatic carbocycles. The van der Waals surface area contributed by atoms with Crippen molar-refractivity contribution in [1.82, 2.24) is 0 Å². The van der Waals surface area contributed by atoms with Crippen molar-refractivity contribution >= 4 is 69.0 Å². The van der Waals surface area contributed by atoms with Crippen LogP contribution in [-0.2, 0) is 0 Å². The smallest absolute Gasteiger partial charge is 0.0630 e. The molecule has 0 saturated carbocycles. The first-order valence-corrected chi connectivity index (χ1v) is 9.54. The van der Waals surface area contributed by atoms with Crippen LogP contribution < -0.4 is 0 Å². The lowest BCUT2D eigenvalue weighted by Gasteiger charge is -1.97. The largest absolute Gasteiger partial charge is 0.256 e. The van der Waals surface area contributed by atoms with E-state index in [1.807, 2.05) is 61.0 Å². The Hall–Kier alpha value is -1.54. The molecule has 0 N–H and O–H groups in total. The minimum Gasteiger partial charge on any atom is -0.256 e. The van der Waals surface area contributed by atoms with Crippen LogP contribution in [-0.4, -0.2) is 12.4 Å². The normalized spacial score (nSPS) is 11.4. The van der Waals surface area contributed by atoms with Gasteiger partial charge in [0, 0.05) is 19.6 Å². The third-order valence-corrected chi connectivity index (χ3v) is 4.75. The van der Waals surface area contributed by atoms with Gasteiger partial charge in [0.05, 0.1) is 11.4 Å². The first kappa shape index (κ1) is 17.3. The molecule has 3 rings (SSSR count). The van der Waals surface area contributed by atoms with Gasteiger partial charge in [0.2, 0.25) is 0 Å². The van der Waals surface area contributed by atoms with Crippen LogP contribution in [0.2, 0.25) is 0 Å². The molecule has 0 amide bonds. The van der Waals surface area contributed by atoms with Gasteiger partial charge in [-0.15, -0.1) is 0 Å². The van der Waals surface area contributed by atoms with Crippen molar-refractivity contribution in [1.29, 1.82) is 0 Å². The Morgan fingerprint density at radius 3 is 1.17 bits per heavy atom. The molecule has 0 aliphatic rings. The average Bonchev–Trinajstić information content (AvgIpc) is 2.62. The summed E-state index contributed by atoms with van der Waals surface area (Å²) < 4.78 is 2.42. The van der Waals surface area contributed by atoms with E-state index in [1.54, 1.807) is 0 Å². The van der Waals surface area contributed by atoms with Gasteiger partial charge in [0.25, 0.3) is 0 Å². The molecule has 0 fully saturated rings. The number of hydrogen-bond donors (Lipinski definition) is 0. The molecule has 24 heavy (non-hydrogen) atoms. The van der Waals surface area contributed by atoms with Gasteiger partial charge in [0.15, 0.2) is 0 Å². The van der Waals surface area contributed by atoms with E-state index in [1.165, 1.54) is 7.14 Å². The van der Waals surface area contributed by atoms with Crippen LogP contribution >= 0.6 is 45.2 Å². The second-order valence-corrected chi connectivity index (χ2v) is 7.63. The Morgan fingerprint density at radius 2 is 0.833 bits per heavy atom. The molecule has 0 spiro atoms. The van der Waals surface area contributed by atoms with Crippen molar-refractivity contribution in [3.63, 3.8) is 0 Å². The van der Waals surface area contributed by atoms with Crippen molar-refractivity contribution in [2.24, 2.45) is 9.98 Å². The molecule has 0 unspecified atom stereocenters. The predicted molar refractivity (Wildman–Crippen MR) is 119 cm³/mol. The SMILES string of the molecule is Ic1ccc(N=Cc2ccc(C=Nc3ccc(I)cc3)cc2)cc1. The first-order valence-electron chi connectivity index (χ1n) is 7.38. The molecule has 0 heterocycles. The minimum atomic E-state index is 0.958. The van der Waals surface area contributed by atoms with Crippen molar-refractivity contribution in [3.8, 4) is 0 Å². The average molecular weight is 536 g/mol. The lowest BCUT2D eigenvalue weighted by molar-refractivity contribution is 1.50. The van der Waals surface area contributed by atoms with E-state index in [0.29, 0.717) is 0 Å². The lowest BCUT2D eigenvalue weighted by atomic mass is 10.1. The highest BCUT2D eigenvalue weighted by Gasteiger charge is 1.93. The zero-order chi connectivity index (χ0) is 16.8. The maximum absolute atomic E-state index is 4.49. The summed E-state index contributed by atoms with van der Waals surface area (Å²) in [6.07, 6.45) is 3.75. The molecule has 118 valence electrons. The van der Waals surface area contributed by atoms with Crippen LogP contribution in [0.1, 0.15) is 11.1 Å². The number of nitrogens with zero attached hydrogens (tertiary/aromatic N) is 2. The van der Waals surface area contributed by atoms with E-state index in [-0.39, 0.29) is 0 Å². The Labute approximate surface area is 169 Å². The van der Waals surface area contributed by atoms with Crippen LogP contribution in [0.15, 0.2) is 82.8 Å². The molecule has 2 nitrogen and oxygen atoms in total. The van der Waals surface area contributed by atoms with Crippen molar-refractivity contribution in [2.75, 3.05) is 0 Å². The molecule has 3 aromatic carbocycles. The van der Waals surface area contributed by atoms with Gasteiger partial charge >= 0.3 is 0 Å². The molecule has 3 aromatic rings. The highest BCUT2D eigenvalue weighted by Crippen LogP contribution is 2.15. The molecule has 0 atom stereocenters. The van der Waals surface area contributed by atoms with Crippen LogP contribution in [0.5, 0.6) is 0 Å². The van der Waals surface area contributed by atoms with Gasteiger partial charge in [-0.25, -0.2) is 0 Å².